The van der Waals surface area contributed by atoms with E-state index in [-0.39, 0.29) is 17.7 Å². The minimum atomic E-state index is 0.00803. The SMILES string of the molecule is C=CCNC(=O)C1CCCC1Cc1c(-c2cccc(OC)c2)oc2ccc(OC)cc12. The topological polar surface area (TPSA) is 60.7 Å². The monoisotopic (exact) mass is 419 g/mol. The lowest BCUT2D eigenvalue weighted by Gasteiger charge is -2.19. The van der Waals surface area contributed by atoms with Crippen molar-refractivity contribution in [3.05, 3.63) is 60.7 Å². The van der Waals surface area contributed by atoms with Crippen LogP contribution in [0.2, 0.25) is 0 Å². The molecular weight excluding hydrogens is 390 g/mol. The maximum Gasteiger partial charge on any atom is 0.223 e. The Bertz CT molecular complexity index is 1080. The predicted octanol–water partition coefficient (Wildman–Crippen LogP) is 5.38. The van der Waals surface area contributed by atoms with Crippen molar-refractivity contribution in [1.29, 1.82) is 0 Å². The van der Waals surface area contributed by atoms with Gasteiger partial charge in [0.15, 0.2) is 0 Å². The van der Waals surface area contributed by atoms with E-state index >= 15 is 0 Å². The summed E-state index contributed by atoms with van der Waals surface area (Å²) in [5, 5.41) is 4.02. The van der Waals surface area contributed by atoms with Crippen LogP contribution in [0.1, 0.15) is 24.8 Å². The van der Waals surface area contributed by atoms with Gasteiger partial charge in [0, 0.05) is 29.0 Å². The molecule has 1 aliphatic carbocycles. The fourth-order valence-electron chi connectivity index (χ4n) is 4.65. The zero-order chi connectivity index (χ0) is 21.8. The third-order valence-corrected chi connectivity index (χ3v) is 6.21. The number of carbonyl (C=O) groups is 1. The highest BCUT2D eigenvalue weighted by molar-refractivity contribution is 5.89. The van der Waals surface area contributed by atoms with Crippen LogP contribution in [0.25, 0.3) is 22.3 Å². The molecule has 0 radical (unpaired) electrons. The van der Waals surface area contributed by atoms with Gasteiger partial charge in [0.05, 0.1) is 14.2 Å². The number of furan rings is 1. The lowest BCUT2D eigenvalue weighted by Crippen LogP contribution is -2.33. The number of hydrogen-bond acceptors (Lipinski definition) is 4. The fraction of sp³-hybridized carbons (Fsp3) is 0.346. The summed E-state index contributed by atoms with van der Waals surface area (Å²) < 4.78 is 17.2. The van der Waals surface area contributed by atoms with Crippen LogP contribution in [0.5, 0.6) is 11.5 Å². The normalized spacial score (nSPS) is 18.1. The smallest absolute Gasteiger partial charge is 0.223 e. The zero-order valence-electron chi connectivity index (χ0n) is 18.1. The first-order valence-electron chi connectivity index (χ1n) is 10.8. The fourth-order valence-corrected chi connectivity index (χ4v) is 4.65. The Morgan fingerprint density at radius 3 is 2.74 bits per heavy atom. The highest BCUT2D eigenvalue weighted by Gasteiger charge is 2.34. The van der Waals surface area contributed by atoms with Gasteiger partial charge in [0.25, 0.3) is 0 Å². The number of methoxy groups -OCH3 is 2. The quantitative estimate of drug-likeness (QED) is 0.498. The Hall–Kier alpha value is -3.21. The van der Waals surface area contributed by atoms with Gasteiger partial charge in [0.2, 0.25) is 5.91 Å². The van der Waals surface area contributed by atoms with Crippen molar-refractivity contribution in [2.75, 3.05) is 20.8 Å². The van der Waals surface area contributed by atoms with Crippen LogP contribution in [0.3, 0.4) is 0 Å². The minimum absolute atomic E-state index is 0.00803. The first kappa shape index (κ1) is 21.0. The molecule has 1 N–H and O–H groups in total. The molecule has 4 rings (SSSR count). The molecule has 1 heterocycles. The van der Waals surface area contributed by atoms with Crippen LogP contribution >= 0.6 is 0 Å². The van der Waals surface area contributed by atoms with E-state index in [1.165, 1.54) is 0 Å². The number of rotatable bonds is 8. The molecule has 0 spiro atoms. The summed E-state index contributed by atoms with van der Waals surface area (Å²) in [4.78, 5) is 12.7. The maximum absolute atomic E-state index is 12.7. The summed E-state index contributed by atoms with van der Waals surface area (Å²) in [6.45, 7) is 4.20. The molecule has 2 aromatic carbocycles. The van der Waals surface area contributed by atoms with Crippen LogP contribution in [-0.4, -0.2) is 26.7 Å². The van der Waals surface area contributed by atoms with E-state index in [9.17, 15) is 4.79 Å². The van der Waals surface area contributed by atoms with Gasteiger partial charge in [-0.3, -0.25) is 4.79 Å². The Kier molecular flexibility index (Phi) is 6.31. The number of nitrogens with one attached hydrogen (secondary N) is 1. The van der Waals surface area contributed by atoms with Crippen molar-refractivity contribution in [1.82, 2.24) is 5.32 Å². The summed E-state index contributed by atoms with van der Waals surface area (Å²) in [6.07, 6.45) is 5.50. The van der Waals surface area contributed by atoms with Crippen molar-refractivity contribution in [2.45, 2.75) is 25.7 Å². The number of amides is 1. The molecule has 31 heavy (non-hydrogen) atoms. The second-order valence-electron chi connectivity index (χ2n) is 8.04. The Morgan fingerprint density at radius 2 is 1.97 bits per heavy atom. The summed E-state index contributed by atoms with van der Waals surface area (Å²) in [7, 11) is 3.33. The van der Waals surface area contributed by atoms with E-state index in [0.29, 0.717) is 6.54 Å². The first-order valence-corrected chi connectivity index (χ1v) is 10.8. The average molecular weight is 420 g/mol. The molecule has 1 aliphatic rings. The lowest BCUT2D eigenvalue weighted by molar-refractivity contribution is -0.125. The van der Waals surface area contributed by atoms with Crippen molar-refractivity contribution >= 4 is 16.9 Å². The molecule has 1 amide bonds. The molecule has 0 saturated heterocycles. The highest BCUT2D eigenvalue weighted by Crippen LogP contribution is 2.42. The molecule has 1 saturated carbocycles. The first-order chi connectivity index (χ1) is 15.1. The van der Waals surface area contributed by atoms with E-state index in [1.807, 2.05) is 42.5 Å². The Labute approximate surface area is 183 Å². The van der Waals surface area contributed by atoms with Gasteiger partial charge < -0.3 is 19.2 Å². The zero-order valence-corrected chi connectivity index (χ0v) is 18.1. The van der Waals surface area contributed by atoms with Crippen molar-refractivity contribution in [3.63, 3.8) is 0 Å². The highest BCUT2D eigenvalue weighted by atomic mass is 16.5. The van der Waals surface area contributed by atoms with Gasteiger partial charge in [0.1, 0.15) is 22.8 Å². The van der Waals surface area contributed by atoms with Gasteiger partial charge in [-0.2, -0.15) is 0 Å². The van der Waals surface area contributed by atoms with Gasteiger partial charge in [-0.25, -0.2) is 0 Å². The number of hydrogen-bond donors (Lipinski definition) is 1. The Balaban J connectivity index is 1.75. The largest absolute Gasteiger partial charge is 0.497 e. The Morgan fingerprint density at radius 1 is 1.16 bits per heavy atom. The number of benzene rings is 2. The molecule has 3 aromatic rings. The molecular formula is C26H29NO4. The van der Waals surface area contributed by atoms with Gasteiger partial charge >= 0.3 is 0 Å². The molecule has 0 aliphatic heterocycles. The molecule has 1 fully saturated rings. The third-order valence-electron chi connectivity index (χ3n) is 6.21. The van der Waals surface area contributed by atoms with Crippen molar-refractivity contribution in [3.8, 4) is 22.8 Å². The van der Waals surface area contributed by atoms with Crippen molar-refractivity contribution < 1.29 is 18.7 Å². The summed E-state index contributed by atoms with van der Waals surface area (Å²) in [5.41, 5.74) is 2.91. The van der Waals surface area contributed by atoms with Crippen LogP contribution in [0, 0.1) is 11.8 Å². The summed E-state index contributed by atoms with van der Waals surface area (Å²) in [6, 6.07) is 13.8. The predicted molar refractivity (Wildman–Crippen MR) is 122 cm³/mol. The number of carbonyl (C=O) groups excluding carboxylic acids is 1. The van der Waals surface area contributed by atoms with Crippen LogP contribution in [-0.2, 0) is 11.2 Å². The summed E-state index contributed by atoms with van der Waals surface area (Å²) in [5.74, 6) is 2.80. The second kappa shape index (κ2) is 9.29. The van der Waals surface area contributed by atoms with Crippen molar-refractivity contribution in [2.24, 2.45) is 11.8 Å². The molecule has 2 unspecified atom stereocenters. The summed E-state index contributed by atoms with van der Waals surface area (Å²) >= 11 is 0. The molecule has 5 nitrogen and oxygen atoms in total. The number of ether oxygens (including phenoxy) is 2. The molecule has 162 valence electrons. The second-order valence-corrected chi connectivity index (χ2v) is 8.04. The van der Waals surface area contributed by atoms with Gasteiger partial charge in [-0.1, -0.05) is 24.6 Å². The molecule has 0 bridgehead atoms. The lowest BCUT2D eigenvalue weighted by atomic mass is 9.87. The van der Waals surface area contributed by atoms with Crippen LogP contribution in [0.4, 0.5) is 0 Å². The number of fused-ring (bicyclic) bond motifs is 1. The maximum atomic E-state index is 12.7. The third kappa shape index (κ3) is 4.31. The molecule has 2 atom stereocenters. The van der Waals surface area contributed by atoms with E-state index in [4.69, 9.17) is 13.9 Å². The molecule has 1 aromatic heterocycles. The molecule has 5 heteroatoms. The van der Waals surface area contributed by atoms with E-state index in [0.717, 1.165) is 65.0 Å². The van der Waals surface area contributed by atoms with E-state index in [2.05, 4.69) is 11.9 Å². The minimum Gasteiger partial charge on any atom is -0.497 e. The van der Waals surface area contributed by atoms with E-state index in [1.54, 1.807) is 20.3 Å². The van der Waals surface area contributed by atoms with Crippen LogP contribution in [0.15, 0.2) is 59.5 Å². The van der Waals surface area contributed by atoms with Crippen LogP contribution < -0.4 is 14.8 Å². The standard InChI is InChI=1S/C26H29NO4/c1-4-13-27-26(28)21-10-6-7-17(21)15-23-22-16-20(30-3)11-12-24(22)31-25(23)18-8-5-9-19(14-18)29-2/h4-5,8-9,11-12,14,16-17,21H,1,6-7,10,13,15H2,2-3H3,(H,27,28). The van der Waals surface area contributed by atoms with Gasteiger partial charge in [-0.15, -0.1) is 6.58 Å². The van der Waals surface area contributed by atoms with Gasteiger partial charge in [-0.05, 0) is 55.5 Å². The average Bonchev–Trinajstić information content (AvgIpc) is 3.42. The van der Waals surface area contributed by atoms with E-state index < -0.39 is 0 Å².